The quantitative estimate of drug-likeness (QED) is 0.325. The highest BCUT2D eigenvalue weighted by Crippen LogP contribution is 1.92. The van der Waals surface area contributed by atoms with Crippen LogP contribution in [0.25, 0.3) is 0 Å². The molecule has 0 saturated carbocycles. The number of carbonyl (C=O) groups excluding carboxylic acids is 2. The SMILES string of the molecule is CCC(N)(NC=O)NC=O. The van der Waals surface area contributed by atoms with Gasteiger partial charge in [0.05, 0.1) is 0 Å². The van der Waals surface area contributed by atoms with E-state index < -0.39 is 5.79 Å². The lowest BCUT2D eigenvalue weighted by atomic mass is 10.3. The number of rotatable bonds is 5. The first-order chi connectivity index (χ1) is 4.68. The van der Waals surface area contributed by atoms with Crippen LogP contribution in [0.15, 0.2) is 0 Å². The molecule has 0 spiro atoms. The van der Waals surface area contributed by atoms with Gasteiger partial charge in [0, 0.05) is 6.42 Å². The predicted octanol–water partition coefficient (Wildman–Crippen LogP) is -1.50. The molecule has 0 radical (unpaired) electrons. The van der Waals surface area contributed by atoms with Gasteiger partial charge in [0.15, 0.2) is 5.79 Å². The van der Waals surface area contributed by atoms with E-state index in [1.54, 1.807) is 6.92 Å². The molecule has 2 amide bonds. The lowest BCUT2D eigenvalue weighted by molar-refractivity contribution is -0.114. The largest absolute Gasteiger partial charge is 0.324 e. The minimum atomic E-state index is -1.09. The Morgan fingerprint density at radius 1 is 1.40 bits per heavy atom. The van der Waals surface area contributed by atoms with Crippen molar-refractivity contribution in [2.24, 2.45) is 5.73 Å². The summed E-state index contributed by atoms with van der Waals surface area (Å²) in [4.78, 5) is 19.8. The summed E-state index contributed by atoms with van der Waals surface area (Å²) < 4.78 is 0. The summed E-state index contributed by atoms with van der Waals surface area (Å²) in [6.07, 6.45) is 1.32. The van der Waals surface area contributed by atoms with E-state index in [1.807, 2.05) is 0 Å². The smallest absolute Gasteiger partial charge is 0.209 e. The molecule has 10 heavy (non-hydrogen) atoms. The fourth-order valence-electron chi connectivity index (χ4n) is 0.456. The zero-order chi connectivity index (χ0) is 8.04. The van der Waals surface area contributed by atoms with Crippen molar-refractivity contribution in [3.8, 4) is 0 Å². The zero-order valence-electron chi connectivity index (χ0n) is 5.76. The summed E-state index contributed by atoms with van der Waals surface area (Å²) in [6.45, 7) is 1.74. The van der Waals surface area contributed by atoms with E-state index in [0.29, 0.717) is 19.2 Å². The maximum absolute atomic E-state index is 9.91. The van der Waals surface area contributed by atoms with Crippen molar-refractivity contribution in [2.45, 2.75) is 19.1 Å². The Kier molecular flexibility index (Phi) is 3.42. The number of amides is 2. The number of nitrogens with one attached hydrogen (secondary N) is 2. The first kappa shape index (κ1) is 8.90. The molecule has 5 nitrogen and oxygen atoms in total. The summed E-state index contributed by atoms with van der Waals surface area (Å²) in [6, 6.07) is 0. The van der Waals surface area contributed by atoms with Crippen molar-refractivity contribution in [3.05, 3.63) is 0 Å². The number of carbonyl (C=O) groups is 2. The molecule has 0 aromatic carbocycles. The molecule has 5 heteroatoms. The summed E-state index contributed by atoms with van der Waals surface area (Å²) >= 11 is 0. The Bertz CT molecular complexity index is 116. The minimum absolute atomic E-state index is 0.435. The molecule has 0 aliphatic carbocycles. The van der Waals surface area contributed by atoms with Crippen molar-refractivity contribution in [2.75, 3.05) is 0 Å². The Hall–Kier alpha value is -1.10. The maximum Gasteiger partial charge on any atom is 0.209 e. The molecular formula is C5H11N3O2. The molecule has 0 heterocycles. The minimum Gasteiger partial charge on any atom is -0.324 e. The highest BCUT2D eigenvalue weighted by Gasteiger charge is 2.18. The molecule has 0 unspecified atom stereocenters. The molecule has 4 N–H and O–H groups in total. The van der Waals surface area contributed by atoms with Crippen LogP contribution in [0.2, 0.25) is 0 Å². The second-order valence-corrected chi connectivity index (χ2v) is 1.85. The third-order valence-corrected chi connectivity index (χ3v) is 1.19. The van der Waals surface area contributed by atoms with E-state index in [2.05, 4.69) is 10.6 Å². The molecule has 0 atom stereocenters. The molecule has 0 aromatic heterocycles. The fraction of sp³-hybridized carbons (Fsp3) is 0.600. The first-order valence-corrected chi connectivity index (χ1v) is 2.90. The van der Waals surface area contributed by atoms with Crippen LogP contribution in [0.3, 0.4) is 0 Å². The van der Waals surface area contributed by atoms with Gasteiger partial charge in [-0.05, 0) is 0 Å². The van der Waals surface area contributed by atoms with E-state index >= 15 is 0 Å². The lowest BCUT2D eigenvalue weighted by Gasteiger charge is -2.25. The van der Waals surface area contributed by atoms with Gasteiger partial charge in [-0.15, -0.1) is 0 Å². The molecule has 0 saturated heterocycles. The van der Waals surface area contributed by atoms with Crippen molar-refractivity contribution in [1.29, 1.82) is 0 Å². The normalized spacial score (nSPS) is 10.2. The molecule has 0 fully saturated rings. The monoisotopic (exact) mass is 145 g/mol. The van der Waals surface area contributed by atoms with Gasteiger partial charge in [0.25, 0.3) is 0 Å². The summed E-state index contributed by atoms with van der Waals surface area (Å²) in [5, 5.41) is 4.53. The van der Waals surface area contributed by atoms with Crippen molar-refractivity contribution in [3.63, 3.8) is 0 Å². The van der Waals surface area contributed by atoms with Gasteiger partial charge in [-0.25, -0.2) is 0 Å². The topological polar surface area (TPSA) is 84.2 Å². The molecule has 0 aliphatic rings. The highest BCUT2D eigenvalue weighted by atomic mass is 16.1. The third-order valence-electron chi connectivity index (χ3n) is 1.19. The molecule has 58 valence electrons. The van der Waals surface area contributed by atoms with Crippen LogP contribution < -0.4 is 16.4 Å². The van der Waals surface area contributed by atoms with Crippen LogP contribution in [-0.4, -0.2) is 18.6 Å². The van der Waals surface area contributed by atoms with Crippen molar-refractivity contribution >= 4 is 12.8 Å². The lowest BCUT2D eigenvalue weighted by Crippen LogP contribution is -2.62. The zero-order valence-corrected chi connectivity index (χ0v) is 5.76. The highest BCUT2D eigenvalue weighted by molar-refractivity contribution is 5.52. The molecular weight excluding hydrogens is 134 g/mol. The van der Waals surface area contributed by atoms with E-state index in [1.165, 1.54) is 0 Å². The van der Waals surface area contributed by atoms with Gasteiger partial charge in [-0.1, -0.05) is 6.92 Å². The van der Waals surface area contributed by atoms with E-state index in [9.17, 15) is 9.59 Å². The average Bonchev–Trinajstić information content (AvgIpc) is 1.89. The fourth-order valence-corrected chi connectivity index (χ4v) is 0.456. The van der Waals surface area contributed by atoms with Gasteiger partial charge < -0.3 is 10.6 Å². The summed E-state index contributed by atoms with van der Waals surface area (Å²) in [5.41, 5.74) is 5.43. The van der Waals surface area contributed by atoms with Gasteiger partial charge >= 0.3 is 0 Å². The second-order valence-electron chi connectivity index (χ2n) is 1.85. The first-order valence-electron chi connectivity index (χ1n) is 2.90. The summed E-state index contributed by atoms with van der Waals surface area (Å²) in [5.74, 6) is -1.09. The summed E-state index contributed by atoms with van der Waals surface area (Å²) in [7, 11) is 0. The van der Waals surface area contributed by atoms with Crippen LogP contribution in [0, 0.1) is 0 Å². The van der Waals surface area contributed by atoms with E-state index in [-0.39, 0.29) is 0 Å². The van der Waals surface area contributed by atoms with Crippen LogP contribution >= 0.6 is 0 Å². The van der Waals surface area contributed by atoms with Gasteiger partial charge in [-0.3, -0.25) is 15.3 Å². The van der Waals surface area contributed by atoms with Crippen molar-refractivity contribution in [1.82, 2.24) is 10.6 Å². The van der Waals surface area contributed by atoms with E-state index in [0.717, 1.165) is 0 Å². The van der Waals surface area contributed by atoms with Gasteiger partial charge in [0.2, 0.25) is 12.8 Å². The van der Waals surface area contributed by atoms with Gasteiger partial charge in [0.1, 0.15) is 0 Å². The number of hydrogen-bond donors (Lipinski definition) is 3. The Labute approximate surface area is 59.0 Å². The van der Waals surface area contributed by atoms with Crippen LogP contribution in [0.4, 0.5) is 0 Å². The Balaban J connectivity index is 3.92. The number of hydrogen-bond acceptors (Lipinski definition) is 3. The van der Waals surface area contributed by atoms with Crippen molar-refractivity contribution < 1.29 is 9.59 Å². The maximum atomic E-state index is 9.91. The average molecular weight is 145 g/mol. The Morgan fingerprint density at radius 3 is 2.00 bits per heavy atom. The molecule has 0 bridgehead atoms. The third kappa shape index (κ3) is 2.45. The second kappa shape index (κ2) is 3.84. The molecule has 0 aromatic rings. The predicted molar refractivity (Wildman–Crippen MR) is 35.6 cm³/mol. The molecule has 0 aliphatic heterocycles. The number of nitrogens with two attached hydrogens (primary N) is 1. The standard InChI is InChI=1S/C5H11N3O2/c1-2-5(6,7-3-9)8-4-10/h3-4H,2,6H2,1H3,(H,7,9)(H,8,10). The van der Waals surface area contributed by atoms with E-state index in [4.69, 9.17) is 5.73 Å². The van der Waals surface area contributed by atoms with Crippen LogP contribution in [-0.2, 0) is 9.59 Å². The Morgan fingerprint density at radius 2 is 1.80 bits per heavy atom. The van der Waals surface area contributed by atoms with Crippen LogP contribution in [0.1, 0.15) is 13.3 Å². The molecule has 0 rings (SSSR count). The van der Waals surface area contributed by atoms with Gasteiger partial charge in [-0.2, -0.15) is 0 Å². The van der Waals surface area contributed by atoms with Crippen LogP contribution in [0.5, 0.6) is 0 Å².